The third-order valence-corrected chi connectivity index (χ3v) is 11.6. The molecule has 1 aromatic heterocycles. The van der Waals surface area contributed by atoms with E-state index in [1.165, 1.54) is 55.1 Å². The minimum Gasteiger partial charge on any atom is -0.208 e. The summed E-state index contributed by atoms with van der Waals surface area (Å²) >= 11 is 0. The summed E-state index contributed by atoms with van der Waals surface area (Å²) in [6.45, 7) is 0. The van der Waals surface area contributed by atoms with Crippen LogP contribution in [0.4, 0.5) is 0 Å². The predicted octanol–water partition coefficient (Wildman–Crippen LogP) is 13.2. The molecule has 1 heterocycles. The molecule has 1 aliphatic carbocycles. The Hall–Kier alpha value is -7.49. The molecule has 9 aromatic carbocycles. The second kappa shape index (κ2) is 13.4. The molecule has 11 rings (SSSR count). The number of hydrogen-bond donors (Lipinski definition) is 0. The fraction of sp³-hybridized carbons (Fsp3) is 0.0185. The van der Waals surface area contributed by atoms with E-state index in [-0.39, 0.29) is 0 Å². The van der Waals surface area contributed by atoms with Crippen molar-refractivity contribution in [3.05, 3.63) is 235 Å². The number of hydrogen-bond acceptors (Lipinski definition) is 3. The molecule has 266 valence electrons. The molecule has 0 fully saturated rings. The molecule has 0 atom stereocenters. The molecule has 10 aromatic rings. The van der Waals surface area contributed by atoms with Crippen molar-refractivity contribution < 1.29 is 0 Å². The molecular formula is C54H35N3. The fourth-order valence-electron chi connectivity index (χ4n) is 9.05. The lowest BCUT2D eigenvalue weighted by Gasteiger charge is -2.33. The van der Waals surface area contributed by atoms with Crippen LogP contribution in [0.1, 0.15) is 22.3 Å². The van der Waals surface area contributed by atoms with Crippen molar-refractivity contribution in [1.29, 1.82) is 0 Å². The highest BCUT2D eigenvalue weighted by Gasteiger charge is 2.47. The van der Waals surface area contributed by atoms with E-state index in [1.807, 2.05) is 18.2 Å². The van der Waals surface area contributed by atoms with Gasteiger partial charge in [-0.2, -0.15) is 0 Å². The normalized spacial score (nSPS) is 12.7. The maximum Gasteiger partial charge on any atom is 0.164 e. The minimum atomic E-state index is -0.524. The monoisotopic (exact) mass is 725 g/mol. The van der Waals surface area contributed by atoms with E-state index in [9.17, 15) is 0 Å². The van der Waals surface area contributed by atoms with Crippen LogP contribution in [0, 0.1) is 0 Å². The number of fused-ring (bicyclic) bond motifs is 5. The molecule has 0 spiro atoms. The fourth-order valence-corrected chi connectivity index (χ4v) is 9.05. The van der Waals surface area contributed by atoms with E-state index in [1.54, 1.807) is 0 Å². The molecule has 0 bridgehead atoms. The number of nitrogens with zero attached hydrogens (tertiary/aromatic N) is 3. The predicted molar refractivity (Wildman–Crippen MR) is 234 cm³/mol. The summed E-state index contributed by atoms with van der Waals surface area (Å²) in [5, 5.41) is 4.78. The van der Waals surface area contributed by atoms with Crippen LogP contribution in [0.15, 0.2) is 212 Å². The first-order chi connectivity index (χ1) is 28.3. The lowest BCUT2D eigenvalue weighted by atomic mass is 9.67. The Morgan fingerprint density at radius 3 is 1.60 bits per heavy atom. The standard InChI is InChI=1S/C54H35N3/c1-4-17-37(18-5-1)51-55-52(41-32-33-45-39(35-41)20-14-26-44(45)40-31-30-36-16-10-11-19-38(36)34-40)57-53(56-51)47-27-15-29-49-50(47)46-25-12-13-28-48(46)54(49,42-21-6-2-7-22-42)43-23-8-3-9-24-43/h1-35H. The van der Waals surface area contributed by atoms with E-state index in [2.05, 4.69) is 194 Å². The Kier molecular flexibility index (Phi) is 7.71. The van der Waals surface area contributed by atoms with Gasteiger partial charge in [0.1, 0.15) is 0 Å². The van der Waals surface area contributed by atoms with Crippen molar-refractivity contribution in [2.24, 2.45) is 0 Å². The highest BCUT2D eigenvalue weighted by atomic mass is 15.0. The van der Waals surface area contributed by atoms with Crippen LogP contribution in [0.5, 0.6) is 0 Å². The summed E-state index contributed by atoms with van der Waals surface area (Å²) in [4.78, 5) is 15.8. The van der Waals surface area contributed by atoms with Gasteiger partial charge in [0.15, 0.2) is 17.5 Å². The van der Waals surface area contributed by atoms with Crippen LogP contribution in [0.2, 0.25) is 0 Å². The van der Waals surface area contributed by atoms with Gasteiger partial charge >= 0.3 is 0 Å². The maximum atomic E-state index is 5.34. The van der Waals surface area contributed by atoms with Gasteiger partial charge in [-0.05, 0) is 78.2 Å². The minimum absolute atomic E-state index is 0.524. The van der Waals surface area contributed by atoms with Crippen LogP contribution in [-0.4, -0.2) is 15.0 Å². The number of benzene rings is 9. The van der Waals surface area contributed by atoms with Gasteiger partial charge in [-0.1, -0.05) is 200 Å². The zero-order valence-electron chi connectivity index (χ0n) is 31.0. The molecule has 3 heteroatoms. The van der Waals surface area contributed by atoms with Crippen LogP contribution >= 0.6 is 0 Å². The summed E-state index contributed by atoms with van der Waals surface area (Å²) in [6, 6.07) is 75.8. The van der Waals surface area contributed by atoms with Crippen LogP contribution in [-0.2, 0) is 5.41 Å². The molecular weight excluding hydrogens is 691 g/mol. The molecule has 0 amide bonds. The molecule has 1 aliphatic rings. The first-order valence-corrected chi connectivity index (χ1v) is 19.4. The third kappa shape index (κ3) is 5.32. The van der Waals surface area contributed by atoms with Crippen molar-refractivity contribution in [1.82, 2.24) is 15.0 Å². The molecule has 0 radical (unpaired) electrons. The van der Waals surface area contributed by atoms with Gasteiger partial charge in [0.25, 0.3) is 0 Å². The van der Waals surface area contributed by atoms with Crippen molar-refractivity contribution in [2.45, 2.75) is 5.41 Å². The summed E-state index contributed by atoms with van der Waals surface area (Å²) in [7, 11) is 0. The SMILES string of the molecule is c1ccc(-c2nc(-c3ccc4c(-c5ccc6ccccc6c5)cccc4c3)nc(-c3cccc4c3-c3ccccc3C4(c3ccccc3)c3ccccc3)n2)cc1. The van der Waals surface area contributed by atoms with Gasteiger partial charge in [0.05, 0.1) is 5.41 Å². The van der Waals surface area contributed by atoms with Gasteiger partial charge < -0.3 is 0 Å². The van der Waals surface area contributed by atoms with Crippen molar-refractivity contribution >= 4 is 21.5 Å². The lowest BCUT2D eigenvalue weighted by Crippen LogP contribution is -2.28. The Morgan fingerprint density at radius 2 is 0.825 bits per heavy atom. The van der Waals surface area contributed by atoms with Crippen LogP contribution < -0.4 is 0 Å². The summed E-state index contributed by atoms with van der Waals surface area (Å²) in [5.74, 6) is 1.92. The number of aromatic nitrogens is 3. The Bertz CT molecular complexity index is 3080. The second-order valence-electron chi connectivity index (χ2n) is 14.7. The van der Waals surface area contributed by atoms with E-state index >= 15 is 0 Å². The van der Waals surface area contributed by atoms with Crippen molar-refractivity contribution in [3.8, 4) is 56.4 Å². The highest BCUT2D eigenvalue weighted by Crippen LogP contribution is 2.58. The van der Waals surface area contributed by atoms with Gasteiger partial charge in [-0.15, -0.1) is 0 Å². The zero-order valence-corrected chi connectivity index (χ0v) is 31.0. The molecule has 0 saturated heterocycles. The summed E-state index contributed by atoms with van der Waals surface area (Å²) < 4.78 is 0. The van der Waals surface area contributed by atoms with Gasteiger partial charge in [0, 0.05) is 16.7 Å². The molecule has 0 aliphatic heterocycles. The van der Waals surface area contributed by atoms with Gasteiger partial charge in [0.2, 0.25) is 0 Å². The summed E-state index contributed by atoms with van der Waals surface area (Å²) in [5.41, 5.74) is 12.0. The zero-order chi connectivity index (χ0) is 37.8. The lowest BCUT2D eigenvalue weighted by molar-refractivity contribution is 0.768. The second-order valence-corrected chi connectivity index (χ2v) is 14.7. The molecule has 0 saturated carbocycles. The van der Waals surface area contributed by atoms with E-state index in [0.717, 1.165) is 27.6 Å². The molecule has 57 heavy (non-hydrogen) atoms. The van der Waals surface area contributed by atoms with Gasteiger partial charge in [-0.3, -0.25) is 0 Å². The van der Waals surface area contributed by atoms with Gasteiger partial charge in [-0.25, -0.2) is 15.0 Å². The maximum absolute atomic E-state index is 5.34. The first-order valence-electron chi connectivity index (χ1n) is 19.4. The van der Waals surface area contributed by atoms with E-state index in [4.69, 9.17) is 15.0 Å². The van der Waals surface area contributed by atoms with E-state index < -0.39 is 5.41 Å². The van der Waals surface area contributed by atoms with Crippen molar-refractivity contribution in [3.63, 3.8) is 0 Å². The molecule has 0 unspecified atom stereocenters. The topological polar surface area (TPSA) is 38.7 Å². The summed E-state index contributed by atoms with van der Waals surface area (Å²) in [6.07, 6.45) is 0. The smallest absolute Gasteiger partial charge is 0.164 e. The van der Waals surface area contributed by atoms with Crippen LogP contribution in [0.25, 0.3) is 78.0 Å². The van der Waals surface area contributed by atoms with Crippen molar-refractivity contribution in [2.75, 3.05) is 0 Å². The average Bonchev–Trinajstić information content (AvgIpc) is 3.60. The quantitative estimate of drug-likeness (QED) is 0.171. The first kappa shape index (κ1) is 32.9. The Labute approximate surface area is 331 Å². The average molecular weight is 726 g/mol. The van der Waals surface area contributed by atoms with Crippen LogP contribution in [0.3, 0.4) is 0 Å². The third-order valence-electron chi connectivity index (χ3n) is 11.6. The highest BCUT2D eigenvalue weighted by molar-refractivity contribution is 6.01. The number of rotatable bonds is 6. The molecule has 3 nitrogen and oxygen atoms in total. The Balaban J connectivity index is 1.12. The largest absolute Gasteiger partial charge is 0.208 e. The molecule has 0 N–H and O–H groups in total. The van der Waals surface area contributed by atoms with E-state index in [0.29, 0.717) is 17.5 Å². The Morgan fingerprint density at radius 1 is 0.298 bits per heavy atom.